The standard InChI is InChI=1S/C11H10N2O4S/c1-17-11(14)9-6-18-10(12-9)7-2-4-8(5-3-7)13(15)16/h2-5,9H,6H2,1H3/t9-/m0/s1. The fraction of sp³-hybridized carbons (Fsp3) is 0.273. The molecular weight excluding hydrogens is 256 g/mol. The molecule has 7 heteroatoms. The normalized spacial score (nSPS) is 18.3. The number of methoxy groups -OCH3 is 1. The maximum Gasteiger partial charge on any atom is 0.331 e. The lowest BCUT2D eigenvalue weighted by molar-refractivity contribution is -0.384. The van der Waals surface area contributed by atoms with Gasteiger partial charge in [0.1, 0.15) is 0 Å². The van der Waals surface area contributed by atoms with E-state index in [1.165, 1.54) is 31.0 Å². The minimum atomic E-state index is -0.481. The number of nitro benzene ring substituents is 1. The second-order valence-corrected chi connectivity index (χ2v) is 4.60. The van der Waals surface area contributed by atoms with E-state index in [0.717, 1.165) is 5.56 Å². The van der Waals surface area contributed by atoms with Crippen LogP contribution in [-0.4, -0.2) is 34.8 Å². The van der Waals surface area contributed by atoms with E-state index in [9.17, 15) is 14.9 Å². The highest BCUT2D eigenvalue weighted by atomic mass is 32.2. The molecule has 1 aromatic rings. The topological polar surface area (TPSA) is 81.8 Å². The molecule has 0 amide bonds. The number of rotatable bonds is 3. The van der Waals surface area contributed by atoms with Crippen molar-refractivity contribution in [1.82, 2.24) is 0 Å². The summed E-state index contributed by atoms with van der Waals surface area (Å²) >= 11 is 1.44. The third-order valence-corrected chi connectivity index (χ3v) is 3.55. The van der Waals surface area contributed by atoms with Crippen LogP contribution in [0.15, 0.2) is 29.3 Å². The van der Waals surface area contributed by atoms with E-state index in [0.29, 0.717) is 10.8 Å². The molecule has 1 aliphatic heterocycles. The molecule has 0 saturated carbocycles. The maximum atomic E-state index is 11.3. The van der Waals surface area contributed by atoms with Gasteiger partial charge in [0.05, 0.1) is 17.1 Å². The van der Waals surface area contributed by atoms with Crippen LogP contribution in [0.1, 0.15) is 5.56 Å². The SMILES string of the molecule is COC(=O)[C@@H]1CSC(c2ccc([N+](=O)[O-])cc2)=N1. The van der Waals surface area contributed by atoms with Crippen molar-refractivity contribution in [3.8, 4) is 0 Å². The van der Waals surface area contributed by atoms with Gasteiger partial charge in [-0.25, -0.2) is 4.79 Å². The number of hydrogen-bond donors (Lipinski definition) is 0. The number of ether oxygens (including phenoxy) is 1. The van der Waals surface area contributed by atoms with Gasteiger partial charge < -0.3 is 4.74 Å². The van der Waals surface area contributed by atoms with Gasteiger partial charge in [-0.15, -0.1) is 11.8 Å². The van der Waals surface area contributed by atoms with E-state index in [2.05, 4.69) is 9.73 Å². The van der Waals surface area contributed by atoms with E-state index in [4.69, 9.17) is 0 Å². The van der Waals surface area contributed by atoms with Gasteiger partial charge in [-0.3, -0.25) is 15.1 Å². The van der Waals surface area contributed by atoms with Crippen LogP contribution in [0.2, 0.25) is 0 Å². The number of carbonyl (C=O) groups excluding carboxylic acids is 1. The Morgan fingerprint density at radius 3 is 2.72 bits per heavy atom. The quantitative estimate of drug-likeness (QED) is 0.472. The molecule has 0 spiro atoms. The van der Waals surface area contributed by atoms with Crippen LogP contribution in [0.5, 0.6) is 0 Å². The number of non-ortho nitro benzene ring substituents is 1. The Bertz CT molecular complexity index is 512. The maximum absolute atomic E-state index is 11.3. The number of thioether (sulfide) groups is 1. The van der Waals surface area contributed by atoms with E-state index >= 15 is 0 Å². The van der Waals surface area contributed by atoms with Crippen molar-refractivity contribution in [2.24, 2.45) is 4.99 Å². The molecule has 1 atom stereocenters. The molecule has 0 unspecified atom stereocenters. The van der Waals surface area contributed by atoms with Gasteiger partial charge in [0.15, 0.2) is 6.04 Å². The summed E-state index contributed by atoms with van der Waals surface area (Å²) in [6.45, 7) is 0. The average Bonchev–Trinajstić information content (AvgIpc) is 2.87. The monoisotopic (exact) mass is 266 g/mol. The van der Waals surface area contributed by atoms with Crippen molar-refractivity contribution in [2.45, 2.75) is 6.04 Å². The fourth-order valence-corrected chi connectivity index (χ4v) is 2.55. The van der Waals surface area contributed by atoms with Crippen LogP contribution >= 0.6 is 11.8 Å². The Labute approximate surface area is 107 Å². The number of aliphatic imine (C=N–C) groups is 1. The largest absolute Gasteiger partial charge is 0.467 e. The molecule has 6 nitrogen and oxygen atoms in total. The predicted molar refractivity (Wildman–Crippen MR) is 67.9 cm³/mol. The summed E-state index contributed by atoms with van der Waals surface area (Å²) in [5.74, 6) is 0.179. The zero-order valence-corrected chi connectivity index (χ0v) is 10.3. The molecule has 0 radical (unpaired) electrons. The first-order valence-corrected chi connectivity index (χ1v) is 6.13. The number of carbonyl (C=O) groups is 1. The molecule has 0 bridgehead atoms. The second kappa shape index (κ2) is 5.18. The summed E-state index contributed by atoms with van der Waals surface area (Å²) in [5, 5.41) is 11.2. The lowest BCUT2D eigenvalue weighted by Gasteiger charge is -2.00. The Balaban J connectivity index is 2.18. The lowest BCUT2D eigenvalue weighted by Crippen LogP contribution is -2.19. The van der Waals surface area contributed by atoms with Crippen LogP contribution in [0.25, 0.3) is 0 Å². The van der Waals surface area contributed by atoms with Gasteiger partial charge in [0, 0.05) is 23.4 Å². The van der Waals surface area contributed by atoms with Crippen molar-refractivity contribution < 1.29 is 14.5 Å². The molecule has 0 N–H and O–H groups in total. The van der Waals surface area contributed by atoms with Gasteiger partial charge in [-0.2, -0.15) is 0 Å². The third-order valence-electron chi connectivity index (χ3n) is 2.45. The summed E-state index contributed by atoms with van der Waals surface area (Å²) < 4.78 is 4.62. The zero-order chi connectivity index (χ0) is 13.1. The van der Waals surface area contributed by atoms with Crippen molar-refractivity contribution in [3.05, 3.63) is 39.9 Å². The average molecular weight is 266 g/mol. The molecule has 18 heavy (non-hydrogen) atoms. The summed E-state index contributed by atoms with van der Waals surface area (Å²) in [7, 11) is 1.33. The Hall–Kier alpha value is -1.89. The van der Waals surface area contributed by atoms with E-state index in [1.54, 1.807) is 12.1 Å². The fourth-order valence-electron chi connectivity index (χ4n) is 1.51. The van der Waals surface area contributed by atoms with Crippen LogP contribution in [0.4, 0.5) is 5.69 Å². The first-order chi connectivity index (χ1) is 8.61. The Morgan fingerprint density at radius 2 is 2.17 bits per heavy atom. The zero-order valence-electron chi connectivity index (χ0n) is 9.53. The number of nitro groups is 1. The van der Waals surface area contributed by atoms with Gasteiger partial charge in [0.2, 0.25) is 0 Å². The van der Waals surface area contributed by atoms with Crippen LogP contribution in [0.3, 0.4) is 0 Å². The van der Waals surface area contributed by atoms with Gasteiger partial charge in [-0.1, -0.05) is 0 Å². The molecule has 0 fully saturated rings. The smallest absolute Gasteiger partial charge is 0.331 e. The summed E-state index contributed by atoms with van der Waals surface area (Å²) in [4.78, 5) is 25.6. The molecule has 0 aliphatic carbocycles. The van der Waals surface area contributed by atoms with Crippen LogP contribution in [-0.2, 0) is 9.53 Å². The van der Waals surface area contributed by atoms with Crippen molar-refractivity contribution in [2.75, 3.05) is 12.9 Å². The highest BCUT2D eigenvalue weighted by Gasteiger charge is 2.26. The lowest BCUT2D eigenvalue weighted by atomic mass is 10.2. The van der Waals surface area contributed by atoms with Crippen molar-refractivity contribution in [1.29, 1.82) is 0 Å². The molecule has 0 saturated heterocycles. The Morgan fingerprint density at radius 1 is 1.50 bits per heavy atom. The highest BCUT2D eigenvalue weighted by molar-refractivity contribution is 8.14. The van der Waals surface area contributed by atoms with Crippen molar-refractivity contribution in [3.63, 3.8) is 0 Å². The van der Waals surface area contributed by atoms with E-state index < -0.39 is 11.0 Å². The first kappa shape index (κ1) is 12.6. The number of benzene rings is 1. The van der Waals surface area contributed by atoms with Gasteiger partial charge >= 0.3 is 5.97 Å². The summed E-state index contributed by atoms with van der Waals surface area (Å²) in [5.41, 5.74) is 0.809. The van der Waals surface area contributed by atoms with Crippen LogP contribution in [0, 0.1) is 10.1 Å². The number of esters is 1. The number of hydrogen-bond acceptors (Lipinski definition) is 6. The van der Waals surface area contributed by atoms with Crippen molar-refractivity contribution >= 4 is 28.5 Å². The van der Waals surface area contributed by atoms with E-state index in [-0.39, 0.29) is 11.7 Å². The molecule has 1 heterocycles. The Kier molecular flexibility index (Phi) is 3.61. The minimum Gasteiger partial charge on any atom is -0.467 e. The van der Waals surface area contributed by atoms with Crippen LogP contribution < -0.4 is 0 Å². The highest BCUT2D eigenvalue weighted by Crippen LogP contribution is 2.25. The van der Waals surface area contributed by atoms with E-state index in [1.807, 2.05) is 0 Å². The molecule has 1 aromatic carbocycles. The summed E-state index contributed by atoms with van der Waals surface area (Å²) in [6, 6.07) is 5.62. The third kappa shape index (κ3) is 2.51. The molecule has 0 aromatic heterocycles. The molecule has 2 rings (SSSR count). The molecule has 1 aliphatic rings. The number of nitrogens with zero attached hydrogens (tertiary/aromatic N) is 2. The van der Waals surface area contributed by atoms with Gasteiger partial charge in [0.25, 0.3) is 5.69 Å². The van der Waals surface area contributed by atoms with Gasteiger partial charge in [-0.05, 0) is 12.1 Å². The molecule has 94 valence electrons. The predicted octanol–water partition coefficient (Wildman–Crippen LogP) is 1.63. The first-order valence-electron chi connectivity index (χ1n) is 5.15. The second-order valence-electron chi connectivity index (χ2n) is 3.59. The molecular formula is C11H10N2O4S. The minimum absolute atomic E-state index is 0.0341. The summed E-state index contributed by atoms with van der Waals surface area (Å²) in [6.07, 6.45) is 0.